The van der Waals surface area contributed by atoms with Crippen LogP contribution in [0.1, 0.15) is 20.8 Å². The molecule has 1 aromatic heterocycles. The Bertz CT molecular complexity index is 317. The molecule has 4 nitrogen and oxygen atoms in total. The second-order valence-corrected chi connectivity index (χ2v) is 4.36. The number of thioether (sulfide) groups is 1. The van der Waals surface area contributed by atoms with Gasteiger partial charge in [0.2, 0.25) is 11.2 Å². The smallest absolute Gasteiger partial charge is 0.230 e. The molecule has 15 heavy (non-hydrogen) atoms. The average Bonchev–Trinajstić information content (AvgIpc) is 2.19. The van der Waals surface area contributed by atoms with E-state index in [1.54, 1.807) is 11.8 Å². The first kappa shape index (κ1) is 12.5. The van der Waals surface area contributed by atoms with Crippen molar-refractivity contribution in [3.8, 4) is 0 Å². The fourth-order valence-corrected chi connectivity index (χ4v) is 1.92. The summed E-state index contributed by atoms with van der Waals surface area (Å²) in [5, 5.41) is 0.960. The fraction of sp³-hybridized carbons (Fsp3) is 0.667. The molecule has 1 aromatic rings. The Morgan fingerprint density at radius 1 is 1.13 bits per heavy atom. The Morgan fingerprint density at radius 2 is 1.80 bits per heavy atom. The van der Waals surface area contributed by atoms with Crippen molar-refractivity contribution in [1.29, 1.82) is 0 Å². The van der Waals surface area contributed by atoms with Gasteiger partial charge in [-0.1, -0.05) is 18.7 Å². The summed E-state index contributed by atoms with van der Waals surface area (Å²) in [6.07, 6.45) is 0. The standard InChI is InChI=1S/C9H15ClN4S/c1-4-14(5-2)8-11-7(10)12-9(13-8)15-6-3/h4-6H2,1-3H3. The summed E-state index contributed by atoms with van der Waals surface area (Å²) < 4.78 is 0. The molecule has 1 heterocycles. The quantitative estimate of drug-likeness (QED) is 0.747. The summed E-state index contributed by atoms with van der Waals surface area (Å²) in [6.45, 7) is 7.92. The van der Waals surface area contributed by atoms with E-state index in [1.165, 1.54) is 0 Å². The number of hydrogen-bond acceptors (Lipinski definition) is 5. The van der Waals surface area contributed by atoms with Gasteiger partial charge in [-0.15, -0.1) is 0 Å². The number of anilines is 1. The zero-order chi connectivity index (χ0) is 11.3. The van der Waals surface area contributed by atoms with Gasteiger partial charge in [-0.05, 0) is 31.2 Å². The second kappa shape index (κ2) is 6.12. The van der Waals surface area contributed by atoms with Crippen LogP contribution in [0.25, 0.3) is 0 Å². The molecule has 0 aliphatic rings. The van der Waals surface area contributed by atoms with Crippen LogP contribution in [0.2, 0.25) is 5.28 Å². The third-order valence-electron chi connectivity index (χ3n) is 1.90. The minimum atomic E-state index is 0.267. The van der Waals surface area contributed by atoms with Crippen LogP contribution in [-0.2, 0) is 0 Å². The van der Waals surface area contributed by atoms with E-state index in [0.717, 1.165) is 18.8 Å². The van der Waals surface area contributed by atoms with Crippen LogP contribution < -0.4 is 4.90 Å². The van der Waals surface area contributed by atoms with E-state index >= 15 is 0 Å². The van der Waals surface area contributed by atoms with Crippen molar-refractivity contribution in [2.24, 2.45) is 0 Å². The van der Waals surface area contributed by atoms with E-state index in [9.17, 15) is 0 Å². The lowest BCUT2D eigenvalue weighted by Crippen LogP contribution is -2.24. The van der Waals surface area contributed by atoms with Gasteiger partial charge in [0.15, 0.2) is 5.16 Å². The summed E-state index contributed by atoms with van der Waals surface area (Å²) in [7, 11) is 0. The molecule has 0 aliphatic heterocycles. The van der Waals surface area contributed by atoms with Gasteiger partial charge in [-0.25, -0.2) is 0 Å². The van der Waals surface area contributed by atoms with Gasteiger partial charge in [0.05, 0.1) is 0 Å². The van der Waals surface area contributed by atoms with Gasteiger partial charge in [0, 0.05) is 13.1 Å². The molecular weight excluding hydrogens is 232 g/mol. The molecule has 0 amide bonds. The monoisotopic (exact) mass is 246 g/mol. The topological polar surface area (TPSA) is 41.9 Å². The lowest BCUT2D eigenvalue weighted by molar-refractivity contribution is 0.782. The highest BCUT2D eigenvalue weighted by molar-refractivity contribution is 7.99. The minimum absolute atomic E-state index is 0.267. The third-order valence-corrected chi connectivity index (χ3v) is 2.79. The van der Waals surface area contributed by atoms with Crippen LogP contribution in [0.15, 0.2) is 5.16 Å². The Balaban J connectivity index is 2.96. The summed E-state index contributed by atoms with van der Waals surface area (Å²) >= 11 is 7.41. The van der Waals surface area contributed by atoms with E-state index in [-0.39, 0.29) is 5.28 Å². The zero-order valence-corrected chi connectivity index (χ0v) is 10.8. The minimum Gasteiger partial charge on any atom is -0.341 e. The van der Waals surface area contributed by atoms with E-state index in [1.807, 2.05) is 4.90 Å². The van der Waals surface area contributed by atoms with E-state index < -0.39 is 0 Å². The molecule has 0 unspecified atom stereocenters. The van der Waals surface area contributed by atoms with Crippen molar-refractivity contribution >= 4 is 29.3 Å². The Hall–Kier alpha value is -0.550. The van der Waals surface area contributed by atoms with Gasteiger partial charge in [-0.3, -0.25) is 0 Å². The molecule has 0 fully saturated rings. The van der Waals surface area contributed by atoms with E-state index in [4.69, 9.17) is 11.6 Å². The molecule has 0 spiro atoms. The fourth-order valence-electron chi connectivity index (χ4n) is 1.16. The van der Waals surface area contributed by atoms with Gasteiger partial charge < -0.3 is 4.90 Å². The summed E-state index contributed by atoms with van der Waals surface area (Å²) in [6, 6.07) is 0. The normalized spacial score (nSPS) is 10.4. The highest BCUT2D eigenvalue weighted by atomic mass is 35.5. The molecule has 0 atom stereocenters. The number of rotatable bonds is 5. The highest BCUT2D eigenvalue weighted by Gasteiger charge is 2.09. The van der Waals surface area contributed by atoms with Crippen molar-refractivity contribution < 1.29 is 0 Å². The van der Waals surface area contributed by atoms with Crippen LogP contribution in [0.4, 0.5) is 5.95 Å². The number of aromatic nitrogens is 3. The molecule has 0 aliphatic carbocycles. The Kier molecular flexibility index (Phi) is 5.11. The summed E-state index contributed by atoms with van der Waals surface area (Å²) in [5.41, 5.74) is 0. The summed E-state index contributed by atoms with van der Waals surface area (Å²) in [5.74, 6) is 1.59. The number of nitrogens with zero attached hydrogens (tertiary/aromatic N) is 4. The maximum atomic E-state index is 5.84. The van der Waals surface area contributed by atoms with Crippen LogP contribution in [0, 0.1) is 0 Å². The van der Waals surface area contributed by atoms with Crippen molar-refractivity contribution in [1.82, 2.24) is 15.0 Å². The third kappa shape index (κ3) is 3.50. The maximum Gasteiger partial charge on any atom is 0.230 e. The largest absolute Gasteiger partial charge is 0.341 e. The average molecular weight is 247 g/mol. The predicted molar refractivity (Wildman–Crippen MR) is 64.8 cm³/mol. The zero-order valence-electron chi connectivity index (χ0n) is 9.20. The van der Waals surface area contributed by atoms with Crippen LogP contribution >= 0.6 is 23.4 Å². The van der Waals surface area contributed by atoms with Crippen LogP contribution in [-0.4, -0.2) is 33.8 Å². The van der Waals surface area contributed by atoms with Crippen LogP contribution in [0.5, 0.6) is 0 Å². The first-order valence-corrected chi connectivity index (χ1v) is 6.36. The van der Waals surface area contributed by atoms with Crippen LogP contribution in [0.3, 0.4) is 0 Å². The Labute approximate surface area is 99.5 Å². The molecule has 0 aromatic carbocycles. The summed E-state index contributed by atoms with van der Waals surface area (Å²) in [4.78, 5) is 14.6. The van der Waals surface area contributed by atoms with Gasteiger partial charge in [0.1, 0.15) is 0 Å². The molecular formula is C9H15ClN4S. The second-order valence-electron chi connectivity index (χ2n) is 2.79. The van der Waals surface area contributed by atoms with E-state index in [2.05, 4.69) is 35.7 Å². The maximum absolute atomic E-state index is 5.84. The Morgan fingerprint density at radius 3 is 2.33 bits per heavy atom. The molecule has 84 valence electrons. The first-order valence-electron chi connectivity index (χ1n) is 5.00. The lowest BCUT2D eigenvalue weighted by atomic mass is 10.5. The van der Waals surface area contributed by atoms with Gasteiger partial charge in [-0.2, -0.15) is 15.0 Å². The molecule has 6 heteroatoms. The molecule has 0 bridgehead atoms. The van der Waals surface area contributed by atoms with Gasteiger partial charge >= 0.3 is 0 Å². The van der Waals surface area contributed by atoms with Crippen molar-refractivity contribution in [2.75, 3.05) is 23.7 Å². The SMILES string of the molecule is CCSc1nc(Cl)nc(N(CC)CC)n1. The number of halogens is 1. The molecule has 0 N–H and O–H groups in total. The van der Waals surface area contributed by atoms with Crippen molar-refractivity contribution in [3.05, 3.63) is 5.28 Å². The highest BCUT2D eigenvalue weighted by Crippen LogP contribution is 2.17. The molecule has 0 saturated heterocycles. The van der Waals surface area contributed by atoms with Crippen molar-refractivity contribution in [2.45, 2.75) is 25.9 Å². The predicted octanol–water partition coefficient (Wildman–Crippen LogP) is 2.48. The number of hydrogen-bond donors (Lipinski definition) is 0. The van der Waals surface area contributed by atoms with E-state index in [0.29, 0.717) is 11.1 Å². The first-order chi connectivity index (χ1) is 7.21. The molecule has 0 radical (unpaired) electrons. The lowest BCUT2D eigenvalue weighted by Gasteiger charge is -2.18. The van der Waals surface area contributed by atoms with Crippen molar-refractivity contribution in [3.63, 3.8) is 0 Å². The van der Waals surface area contributed by atoms with Gasteiger partial charge in [0.25, 0.3) is 0 Å². The molecule has 0 saturated carbocycles. The molecule has 1 rings (SSSR count).